The summed E-state index contributed by atoms with van der Waals surface area (Å²) in [4.78, 5) is 15.6. The van der Waals surface area contributed by atoms with E-state index in [4.69, 9.17) is 5.73 Å². The lowest BCUT2D eigenvalue weighted by molar-refractivity contribution is -0.115. The average Bonchev–Trinajstić information content (AvgIpc) is 2.75. The van der Waals surface area contributed by atoms with E-state index in [9.17, 15) is 13.6 Å². The van der Waals surface area contributed by atoms with Crippen LogP contribution in [-0.2, 0) is 11.2 Å². The molecule has 0 bridgehead atoms. The molecule has 2 aromatic rings. The number of benzene rings is 1. The van der Waals surface area contributed by atoms with Gasteiger partial charge in [-0.25, -0.2) is 13.8 Å². The molecule has 7 heteroatoms. The number of halogens is 2. The molecular formula is C12H11F2N3OS. The van der Waals surface area contributed by atoms with Crippen molar-refractivity contribution in [1.82, 2.24) is 4.98 Å². The van der Waals surface area contributed by atoms with Crippen molar-refractivity contribution in [2.75, 3.05) is 11.1 Å². The van der Waals surface area contributed by atoms with Crippen LogP contribution < -0.4 is 11.1 Å². The second kappa shape index (κ2) is 5.31. The summed E-state index contributed by atoms with van der Waals surface area (Å²) in [5.41, 5.74) is 5.72. The number of anilines is 2. The molecule has 0 saturated carbocycles. The second-order valence-electron chi connectivity index (χ2n) is 3.96. The molecule has 0 aliphatic carbocycles. The predicted molar refractivity (Wildman–Crippen MR) is 70.0 cm³/mol. The summed E-state index contributed by atoms with van der Waals surface area (Å²) in [7, 11) is 0. The van der Waals surface area contributed by atoms with Crippen LogP contribution in [0.3, 0.4) is 0 Å². The van der Waals surface area contributed by atoms with E-state index >= 15 is 0 Å². The number of nitrogens with zero attached hydrogens (tertiary/aromatic N) is 1. The fourth-order valence-corrected chi connectivity index (χ4v) is 2.09. The highest BCUT2D eigenvalue weighted by atomic mass is 32.1. The molecule has 0 atom stereocenters. The molecule has 0 fully saturated rings. The maximum absolute atomic E-state index is 13.7. The van der Waals surface area contributed by atoms with E-state index in [-0.39, 0.29) is 12.0 Å². The number of thiazole rings is 1. The monoisotopic (exact) mass is 283 g/mol. The first-order valence-corrected chi connectivity index (χ1v) is 6.29. The number of hydrogen-bond acceptors (Lipinski definition) is 4. The fraction of sp³-hybridized carbons (Fsp3) is 0.167. The summed E-state index contributed by atoms with van der Waals surface area (Å²) in [6.07, 6.45) is -0.0828. The van der Waals surface area contributed by atoms with Gasteiger partial charge >= 0.3 is 0 Å². The van der Waals surface area contributed by atoms with Gasteiger partial charge in [0.05, 0.1) is 12.1 Å². The third-order valence-electron chi connectivity index (χ3n) is 2.46. The van der Waals surface area contributed by atoms with Gasteiger partial charge in [-0.1, -0.05) is 6.07 Å². The van der Waals surface area contributed by atoms with Crippen LogP contribution in [0.15, 0.2) is 17.5 Å². The van der Waals surface area contributed by atoms with E-state index < -0.39 is 23.2 Å². The quantitative estimate of drug-likeness (QED) is 0.909. The lowest BCUT2D eigenvalue weighted by Gasteiger charge is -2.08. The lowest BCUT2D eigenvalue weighted by Crippen LogP contribution is -2.17. The van der Waals surface area contributed by atoms with Gasteiger partial charge < -0.3 is 11.1 Å². The summed E-state index contributed by atoms with van der Waals surface area (Å²) in [6.45, 7) is 1.49. The van der Waals surface area contributed by atoms with E-state index in [2.05, 4.69) is 10.3 Å². The maximum Gasteiger partial charge on any atom is 0.230 e. The molecule has 1 aromatic carbocycles. The molecule has 0 unspecified atom stereocenters. The molecule has 0 aliphatic heterocycles. The Morgan fingerprint density at radius 2 is 2.21 bits per heavy atom. The Kier molecular flexibility index (Phi) is 3.75. The predicted octanol–water partition coefficient (Wildman–Crippen LogP) is 2.49. The molecule has 1 aromatic heterocycles. The van der Waals surface area contributed by atoms with Crippen molar-refractivity contribution in [2.45, 2.75) is 13.3 Å². The largest absolute Gasteiger partial charge is 0.375 e. The molecule has 0 radical (unpaired) electrons. The van der Waals surface area contributed by atoms with E-state index in [1.165, 1.54) is 24.3 Å². The van der Waals surface area contributed by atoms with Gasteiger partial charge in [0.1, 0.15) is 11.5 Å². The molecule has 3 N–H and O–H groups in total. The lowest BCUT2D eigenvalue weighted by atomic mass is 10.2. The van der Waals surface area contributed by atoms with Crippen LogP contribution in [-0.4, -0.2) is 10.9 Å². The Balaban J connectivity index is 2.13. The van der Waals surface area contributed by atoms with E-state index in [1.54, 1.807) is 5.38 Å². The SMILES string of the molecule is Cc1ccc(F)c(NC(=O)Cc2csc(N)n2)c1F. The molecular weight excluding hydrogens is 272 g/mol. The van der Waals surface area contributed by atoms with E-state index in [0.29, 0.717) is 10.8 Å². The zero-order valence-electron chi connectivity index (χ0n) is 10.0. The minimum Gasteiger partial charge on any atom is -0.375 e. The van der Waals surface area contributed by atoms with Crippen LogP contribution in [0.25, 0.3) is 0 Å². The van der Waals surface area contributed by atoms with Crippen LogP contribution in [0.5, 0.6) is 0 Å². The first-order chi connectivity index (χ1) is 8.97. The number of carbonyl (C=O) groups excluding carboxylic acids is 1. The molecule has 100 valence electrons. The first-order valence-electron chi connectivity index (χ1n) is 5.41. The molecule has 0 spiro atoms. The zero-order valence-corrected chi connectivity index (χ0v) is 10.9. The number of hydrogen-bond donors (Lipinski definition) is 2. The number of nitrogens with two attached hydrogens (primary N) is 1. The van der Waals surface area contributed by atoms with Crippen molar-refractivity contribution in [3.8, 4) is 0 Å². The highest BCUT2D eigenvalue weighted by Crippen LogP contribution is 2.22. The summed E-state index contributed by atoms with van der Waals surface area (Å²) in [6, 6.07) is 2.41. The number of nitrogens with one attached hydrogen (secondary N) is 1. The Labute approximate surface area is 112 Å². The zero-order chi connectivity index (χ0) is 14.0. The normalized spacial score (nSPS) is 10.5. The highest BCUT2D eigenvalue weighted by molar-refractivity contribution is 7.13. The molecule has 1 amide bonds. The summed E-state index contributed by atoms with van der Waals surface area (Å²) in [5, 5.41) is 4.18. The third-order valence-corrected chi connectivity index (χ3v) is 3.18. The van der Waals surface area contributed by atoms with Crippen molar-refractivity contribution in [1.29, 1.82) is 0 Å². The van der Waals surface area contributed by atoms with Crippen LogP contribution in [0.2, 0.25) is 0 Å². The van der Waals surface area contributed by atoms with Crippen molar-refractivity contribution in [3.05, 3.63) is 40.4 Å². The molecule has 2 rings (SSSR count). The van der Waals surface area contributed by atoms with Crippen molar-refractivity contribution in [3.63, 3.8) is 0 Å². The second-order valence-corrected chi connectivity index (χ2v) is 4.84. The van der Waals surface area contributed by atoms with E-state index in [1.807, 2.05) is 0 Å². The van der Waals surface area contributed by atoms with Crippen molar-refractivity contribution >= 4 is 28.1 Å². The van der Waals surface area contributed by atoms with Gasteiger partial charge in [-0.15, -0.1) is 11.3 Å². The highest BCUT2D eigenvalue weighted by Gasteiger charge is 2.15. The number of rotatable bonds is 3. The summed E-state index contributed by atoms with van der Waals surface area (Å²) < 4.78 is 27.1. The van der Waals surface area contributed by atoms with Crippen LogP contribution in [0, 0.1) is 18.6 Å². The Bertz CT molecular complexity index is 627. The van der Waals surface area contributed by atoms with Crippen molar-refractivity contribution in [2.24, 2.45) is 0 Å². The number of nitrogen functional groups attached to an aromatic ring is 1. The smallest absolute Gasteiger partial charge is 0.230 e. The van der Waals surface area contributed by atoms with Gasteiger partial charge in [0.25, 0.3) is 0 Å². The van der Waals surface area contributed by atoms with Gasteiger partial charge in [0.15, 0.2) is 10.9 Å². The Hall–Kier alpha value is -2.02. The first kappa shape index (κ1) is 13.4. The van der Waals surface area contributed by atoms with Gasteiger partial charge in [0.2, 0.25) is 5.91 Å². The number of carbonyl (C=O) groups is 1. The maximum atomic E-state index is 13.7. The fourth-order valence-electron chi connectivity index (χ4n) is 1.52. The Morgan fingerprint density at radius 1 is 1.47 bits per heavy atom. The summed E-state index contributed by atoms with van der Waals surface area (Å²) in [5.74, 6) is -2.13. The van der Waals surface area contributed by atoms with E-state index in [0.717, 1.165) is 6.07 Å². The molecule has 4 nitrogen and oxygen atoms in total. The molecule has 1 heterocycles. The van der Waals surface area contributed by atoms with Crippen LogP contribution >= 0.6 is 11.3 Å². The minimum absolute atomic E-state index is 0.0828. The topological polar surface area (TPSA) is 68.0 Å². The number of aryl methyl sites for hydroxylation is 1. The standard InChI is InChI=1S/C12H11F2N3OS/c1-6-2-3-8(13)11(10(6)14)17-9(18)4-7-5-19-12(15)16-7/h2-3,5H,4H2,1H3,(H2,15,16)(H,17,18). The molecule has 0 aliphatic rings. The van der Waals surface area contributed by atoms with Gasteiger partial charge in [-0.3, -0.25) is 4.79 Å². The Morgan fingerprint density at radius 3 is 2.84 bits per heavy atom. The number of amides is 1. The van der Waals surface area contributed by atoms with Gasteiger partial charge in [0, 0.05) is 5.38 Å². The van der Waals surface area contributed by atoms with Crippen LogP contribution in [0.4, 0.5) is 19.6 Å². The summed E-state index contributed by atoms with van der Waals surface area (Å²) >= 11 is 1.20. The molecule has 0 saturated heterocycles. The average molecular weight is 283 g/mol. The third kappa shape index (κ3) is 3.05. The van der Waals surface area contributed by atoms with Gasteiger partial charge in [-0.05, 0) is 18.6 Å². The van der Waals surface area contributed by atoms with Crippen molar-refractivity contribution < 1.29 is 13.6 Å². The van der Waals surface area contributed by atoms with Crippen LogP contribution in [0.1, 0.15) is 11.3 Å². The van der Waals surface area contributed by atoms with Gasteiger partial charge in [-0.2, -0.15) is 0 Å². The number of aromatic nitrogens is 1. The minimum atomic E-state index is -0.811. The molecule has 19 heavy (non-hydrogen) atoms.